The monoisotopic (exact) mass is 458 g/mol. The van der Waals surface area contributed by atoms with Gasteiger partial charge in [0.25, 0.3) is 5.91 Å². The number of carboxylic acids is 1. The van der Waals surface area contributed by atoms with Crippen molar-refractivity contribution in [2.75, 3.05) is 11.5 Å². The molecule has 0 atom stereocenters. The third kappa shape index (κ3) is 4.91. The molecule has 1 saturated heterocycles. The van der Waals surface area contributed by atoms with E-state index in [1.165, 1.54) is 12.1 Å². The summed E-state index contributed by atoms with van der Waals surface area (Å²) in [7, 11) is 0. The first-order chi connectivity index (χ1) is 16.5. The van der Waals surface area contributed by atoms with Crippen LogP contribution in [0.25, 0.3) is 6.08 Å². The highest BCUT2D eigenvalue weighted by molar-refractivity contribution is 6.28. The zero-order valence-electron chi connectivity index (χ0n) is 18.4. The Kier molecular flexibility index (Phi) is 6.59. The van der Waals surface area contributed by atoms with Gasteiger partial charge in [-0.15, -0.1) is 0 Å². The van der Waals surface area contributed by atoms with E-state index in [2.05, 4.69) is 5.32 Å². The van der Waals surface area contributed by atoms with E-state index < -0.39 is 17.9 Å². The van der Waals surface area contributed by atoms with Gasteiger partial charge in [-0.05, 0) is 60.5 Å². The standard InChI is InChI=1S/C26H22N2O6/c1-2-33-23-15-18(10-13-22(23)34-16-17-8-11-19(12-9-17)25(30)31)14-21-24(29)28(26(32)27-21)20-6-4-3-5-7-20/h3-15H,2,16H2,1H3,(H,27,32)(H,30,31)/b21-14-. The number of carbonyl (C=O) groups excluding carboxylic acids is 2. The summed E-state index contributed by atoms with van der Waals surface area (Å²) in [5.74, 6) is -0.450. The molecule has 34 heavy (non-hydrogen) atoms. The predicted octanol–water partition coefficient (Wildman–Crippen LogP) is 4.46. The third-order valence-electron chi connectivity index (χ3n) is 5.07. The van der Waals surface area contributed by atoms with Gasteiger partial charge in [0.1, 0.15) is 12.3 Å². The molecule has 8 heteroatoms. The summed E-state index contributed by atoms with van der Waals surface area (Å²) in [6.07, 6.45) is 1.58. The van der Waals surface area contributed by atoms with E-state index in [9.17, 15) is 14.4 Å². The Balaban J connectivity index is 1.52. The number of anilines is 1. The van der Waals surface area contributed by atoms with Crippen LogP contribution < -0.4 is 19.7 Å². The molecule has 4 rings (SSSR count). The van der Waals surface area contributed by atoms with Crippen LogP contribution in [-0.4, -0.2) is 29.6 Å². The van der Waals surface area contributed by atoms with Crippen LogP contribution in [0.3, 0.4) is 0 Å². The third-order valence-corrected chi connectivity index (χ3v) is 5.07. The number of para-hydroxylation sites is 1. The molecule has 0 saturated carbocycles. The minimum Gasteiger partial charge on any atom is -0.490 e. The molecule has 1 aliphatic heterocycles. The van der Waals surface area contributed by atoms with Crippen LogP contribution in [0.5, 0.6) is 11.5 Å². The Labute approximate surface area is 196 Å². The number of nitrogens with one attached hydrogen (secondary N) is 1. The Morgan fingerprint density at radius 2 is 1.71 bits per heavy atom. The van der Waals surface area contributed by atoms with Crippen LogP contribution in [0, 0.1) is 0 Å². The van der Waals surface area contributed by atoms with Crippen molar-refractivity contribution in [3.63, 3.8) is 0 Å². The Morgan fingerprint density at radius 3 is 2.38 bits per heavy atom. The Bertz CT molecular complexity index is 1250. The summed E-state index contributed by atoms with van der Waals surface area (Å²) in [4.78, 5) is 37.2. The van der Waals surface area contributed by atoms with Gasteiger partial charge in [0.2, 0.25) is 0 Å². The number of hydrogen-bond donors (Lipinski definition) is 2. The summed E-state index contributed by atoms with van der Waals surface area (Å²) < 4.78 is 11.6. The van der Waals surface area contributed by atoms with Crippen molar-refractivity contribution < 1.29 is 29.0 Å². The quantitative estimate of drug-likeness (QED) is 0.381. The van der Waals surface area contributed by atoms with Crippen molar-refractivity contribution in [1.29, 1.82) is 0 Å². The molecule has 0 bridgehead atoms. The SMILES string of the molecule is CCOc1cc(/C=C2\NC(=O)N(c3ccccc3)C2=O)ccc1OCc1ccc(C(=O)O)cc1. The summed E-state index contributed by atoms with van der Waals surface area (Å²) in [5.41, 5.74) is 2.31. The molecule has 1 fully saturated rings. The lowest BCUT2D eigenvalue weighted by atomic mass is 10.1. The van der Waals surface area contributed by atoms with Crippen LogP contribution >= 0.6 is 0 Å². The normalized spacial score (nSPS) is 14.3. The van der Waals surface area contributed by atoms with Gasteiger partial charge in [-0.2, -0.15) is 0 Å². The highest BCUT2D eigenvalue weighted by atomic mass is 16.5. The van der Waals surface area contributed by atoms with Crippen LogP contribution in [0.2, 0.25) is 0 Å². The second-order valence-electron chi connectivity index (χ2n) is 7.39. The number of imide groups is 1. The molecule has 3 amide bonds. The zero-order chi connectivity index (χ0) is 24.1. The largest absolute Gasteiger partial charge is 0.490 e. The van der Waals surface area contributed by atoms with Gasteiger partial charge in [0, 0.05) is 0 Å². The van der Waals surface area contributed by atoms with E-state index in [-0.39, 0.29) is 17.9 Å². The minimum absolute atomic E-state index is 0.156. The van der Waals surface area contributed by atoms with Crippen LogP contribution in [-0.2, 0) is 11.4 Å². The van der Waals surface area contributed by atoms with Crippen molar-refractivity contribution in [3.8, 4) is 11.5 Å². The van der Waals surface area contributed by atoms with Crippen molar-refractivity contribution in [2.45, 2.75) is 13.5 Å². The molecule has 0 aliphatic carbocycles. The topological polar surface area (TPSA) is 105 Å². The van der Waals surface area contributed by atoms with Crippen molar-refractivity contribution >= 4 is 29.7 Å². The van der Waals surface area contributed by atoms with Crippen molar-refractivity contribution in [3.05, 3.63) is 95.2 Å². The predicted molar refractivity (Wildman–Crippen MR) is 126 cm³/mol. The van der Waals surface area contributed by atoms with Gasteiger partial charge in [0.15, 0.2) is 11.5 Å². The molecule has 172 valence electrons. The highest BCUT2D eigenvalue weighted by Crippen LogP contribution is 2.31. The minimum atomic E-state index is -0.986. The van der Waals surface area contributed by atoms with Crippen molar-refractivity contribution in [2.24, 2.45) is 0 Å². The number of benzene rings is 3. The lowest BCUT2D eigenvalue weighted by Crippen LogP contribution is -2.30. The average Bonchev–Trinajstić information content (AvgIpc) is 3.12. The Hall–Kier alpha value is -4.59. The maximum absolute atomic E-state index is 12.8. The number of amides is 3. The first kappa shape index (κ1) is 22.6. The van der Waals surface area contributed by atoms with Gasteiger partial charge in [-0.25, -0.2) is 14.5 Å². The fraction of sp³-hybridized carbons (Fsp3) is 0.115. The first-order valence-corrected chi connectivity index (χ1v) is 10.6. The Morgan fingerprint density at radius 1 is 0.971 bits per heavy atom. The van der Waals surface area contributed by atoms with Gasteiger partial charge in [0.05, 0.1) is 17.9 Å². The fourth-order valence-electron chi connectivity index (χ4n) is 3.42. The number of nitrogens with zero attached hydrogens (tertiary/aromatic N) is 1. The number of urea groups is 1. The van der Waals surface area contributed by atoms with E-state index in [1.54, 1.807) is 60.7 Å². The average molecular weight is 458 g/mol. The molecular formula is C26H22N2O6. The van der Waals surface area contributed by atoms with Gasteiger partial charge >= 0.3 is 12.0 Å². The van der Waals surface area contributed by atoms with Gasteiger partial charge in [-0.3, -0.25) is 4.79 Å². The second-order valence-corrected chi connectivity index (χ2v) is 7.39. The lowest BCUT2D eigenvalue weighted by Gasteiger charge is -2.13. The summed E-state index contributed by atoms with van der Waals surface area (Å²) in [6.45, 7) is 2.47. The number of rotatable bonds is 8. The van der Waals surface area contributed by atoms with E-state index in [4.69, 9.17) is 14.6 Å². The number of hydrogen-bond acceptors (Lipinski definition) is 5. The van der Waals surface area contributed by atoms with E-state index >= 15 is 0 Å². The zero-order valence-corrected chi connectivity index (χ0v) is 18.4. The molecule has 0 radical (unpaired) electrons. The van der Waals surface area contributed by atoms with E-state index in [1.807, 2.05) is 13.0 Å². The molecule has 3 aromatic rings. The molecule has 1 heterocycles. The molecule has 8 nitrogen and oxygen atoms in total. The molecular weight excluding hydrogens is 436 g/mol. The van der Waals surface area contributed by atoms with Crippen molar-refractivity contribution in [1.82, 2.24) is 5.32 Å². The molecule has 2 N–H and O–H groups in total. The number of ether oxygens (including phenoxy) is 2. The van der Waals surface area contributed by atoms with Gasteiger partial charge < -0.3 is 19.9 Å². The number of carboxylic acid groups (broad SMARTS) is 1. The molecule has 3 aromatic carbocycles. The second kappa shape index (κ2) is 9.91. The molecule has 0 spiro atoms. The summed E-state index contributed by atoms with van der Waals surface area (Å²) in [5, 5.41) is 11.6. The number of aromatic carboxylic acids is 1. The summed E-state index contributed by atoms with van der Waals surface area (Å²) in [6, 6.07) is 19.8. The highest BCUT2D eigenvalue weighted by Gasteiger charge is 2.34. The number of carbonyl (C=O) groups is 3. The molecule has 0 aromatic heterocycles. The van der Waals surface area contributed by atoms with E-state index in [0.717, 1.165) is 10.5 Å². The molecule has 0 unspecified atom stereocenters. The van der Waals surface area contributed by atoms with E-state index in [0.29, 0.717) is 29.4 Å². The maximum Gasteiger partial charge on any atom is 0.335 e. The lowest BCUT2D eigenvalue weighted by molar-refractivity contribution is -0.113. The van der Waals surface area contributed by atoms with Crippen LogP contribution in [0.15, 0.2) is 78.5 Å². The van der Waals surface area contributed by atoms with Gasteiger partial charge in [-0.1, -0.05) is 36.4 Å². The smallest absolute Gasteiger partial charge is 0.335 e. The first-order valence-electron chi connectivity index (χ1n) is 10.6. The maximum atomic E-state index is 12.8. The van der Waals surface area contributed by atoms with Crippen LogP contribution in [0.1, 0.15) is 28.4 Å². The fourth-order valence-corrected chi connectivity index (χ4v) is 3.42. The van der Waals surface area contributed by atoms with Crippen LogP contribution in [0.4, 0.5) is 10.5 Å². The molecule has 1 aliphatic rings. The summed E-state index contributed by atoms with van der Waals surface area (Å²) >= 11 is 0.